The molecule has 0 fully saturated rings. The molecule has 1 aromatic carbocycles. The summed E-state index contributed by atoms with van der Waals surface area (Å²) in [6, 6.07) is 8.36. The molecule has 4 heteroatoms. The lowest BCUT2D eigenvalue weighted by molar-refractivity contribution is 0.0686. The van der Waals surface area contributed by atoms with Crippen molar-refractivity contribution in [2.75, 3.05) is 6.54 Å². The summed E-state index contributed by atoms with van der Waals surface area (Å²) in [5, 5.41) is 13.9. The molecule has 1 heterocycles. The van der Waals surface area contributed by atoms with Crippen molar-refractivity contribution in [3.63, 3.8) is 0 Å². The number of benzene rings is 1. The first kappa shape index (κ1) is 13.7. The molecule has 3 rings (SSSR count). The second-order valence-electron chi connectivity index (χ2n) is 5.56. The van der Waals surface area contributed by atoms with Gasteiger partial charge in [0.25, 0.3) is 0 Å². The van der Waals surface area contributed by atoms with Crippen LogP contribution < -0.4 is 5.73 Å². The molecule has 3 nitrogen and oxygen atoms in total. The highest BCUT2D eigenvalue weighted by atomic mass is 32.1. The summed E-state index contributed by atoms with van der Waals surface area (Å²) in [4.78, 5) is 4.46. The van der Waals surface area contributed by atoms with Gasteiger partial charge in [-0.15, -0.1) is 11.3 Å². The smallest absolute Gasteiger partial charge is 0.108 e. The van der Waals surface area contributed by atoms with E-state index in [2.05, 4.69) is 23.2 Å². The van der Waals surface area contributed by atoms with Crippen molar-refractivity contribution >= 4 is 11.3 Å². The molecule has 0 radical (unpaired) electrons. The molecular weight excluding hydrogens is 268 g/mol. The second-order valence-corrected chi connectivity index (χ2v) is 6.63. The molecule has 106 valence electrons. The van der Waals surface area contributed by atoms with Crippen LogP contribution in [0.1, 0.15) is 40.8 Å². The van der Waals surface area contributed by atoms with E-state index < -0.39 is 11.5 Å². The minimum Gasteiger partial charge on any atom is -0.386 e. The van der Waals surface area contributed by atoms with Gasteiger partial charge in [-0.25, -0.2) is 4.98 Å². The lowest BCUT2D eigenvalue weighted by Crippen LogP contribution is -2.44. The summed E-state index contributed by atoms with van der Waals surface area (Å²) in [7, 11) is 0. The van der Waals surface area contributed by atoms with Gasteiger partial charge in [0.05, 0.1) is 10.7 Å². The van der Waals surface area contributed by atoms with Crippen LogP contribution in [0.3, 0.4) is 0 Å². The number of aliphatic hydroxyl groups excluding tert-OH is 1. The van der Waals surface area contributed by atoms with Gasteiger partial charge in [0, 0.05) is 17.3 Å². The Bertz CT molecular complexity index is 610. The Hall–Kier alpha value is -1.23. The first-order valence-electron chi connectivity index (χ1n) is 7.06. The minimum absolute atomic E-state index is 0.393. The summed E-state index contributed by atoms with van der Waals surface area (Å²) >= 11 is 1.58. The van der Waals surface area contributed by atoms with E-state index >= 15 is 0 Å². The number of nitrogens with zero attached hydrogens (tertiary/aromatic N) is 1. The highest BCUT2D eigenvalue weighted by Gasteiger charge is 2.43. The van der Waals surface area contributed by atoms with Gasteiger partial charge in [0.15, 0.2) is 0 Å². The van der Waals surface area contributed by atoms with Gasteiger partial charge >= 0.3 is 0 Å². The summed E-state index contributed by atoms with van der Waals surface area (Å²) in [5.74, 6) is 0. The van der Waals surface area contributed by atoms with E-state index in [-0.39, 0.29) is 0 Å². The average molecular weight is 288 g/mol. The fraction of sp³-hybridized carbons (Fsp3) is 0.438. The number of thiazole rings is 1. The first-order chi connectivity index (χ1) is 9.67. The highest BCUT2D eigenvalue weighted by molar-refractivity contribution is 7.09. The van der Waals surface area contributed by atoms with Crippen LogP contribution in [0, 0.1) is 6.92 Å². The predicted molar refractivity (Wildman–Crippen MR) is 81.9 cm³/mol. The largest absolute Gasteiger partial charge is 0.386 e. The maximum absolute atomic E-state index is 10.9. The van der Waals surface area contributed by atoms with Gasteiger partial charge < -0.3 is 10.8 Å². The van der Waals surface area contributed by atoms with Crippen LogP contribution in [0.2, 0.25) is 0 Å². The molecular formula is C16H20N2OS. The van der Waals surface area contributed by atoms with Crippen molar-refractivity contribution in [1.29, 1.82) is 0 Å². The van der Waals surface area contributed by atoms with Crippen LogP contribution in [-0.4, -0.2) is 16.6 Å². The maximum atomic E-state index is 10.9. The number of aryl methyl sites for hydroxylation is 2. The lowest BCUT2D eigenvalue weighted by atomic mass is 9.66. The fourth-order valence-corrected chi connectivity index (χ4v) is 3.98. The van der Waals surface area contributed by atoms with Crippen LogP contribution in [0.5, 0.6) is 0 Å². The quantitative estimate of drug-likeness (QED) is 0.913. The van der Waals surface area contributed by atoms with E-state index in [0.717, 1.165) is 30.0 Å². The van der Waals surface area contributed by atoms with E-state index in [4.69, 9.17) is 5.73 Å². The van der Waals surface area contributed by atoms with Crippen molar-refractivity contribution in [1.82, 2.24) is 4.98 Å². The van der Waals surface area contributed by atoms with Crippen molar-refractivity contribution in [2.24, 2.45) is 5.73 Å². The molecule has 2 unspecified atom stereocenters. The summed E-state index contributed by atoms with van der Waals surface area (Å²) in [6.45, 7) is 2.41. The normalized spacial score (nSPS) is 23.4. The molecule has 0 saturated carbocycles. The third-order valence-corrected chi connectivity index (χ3v) is 5.22. The summed E-state index contributed by atoms with van der Waals surface area (Å²) in [6.07, 6.45) is 2.42. The number of aliphatic hydroxyl groups is 1. The third kappa shape index (κ3) is 2.08. The fourth-order valence-electron chi connectivity index (χ4n) is 3.35. The monoisotopic (exact) mass is 288 g/mol. The third-order valence-electron chi connectivity index (χ3n) is 4.43. The van der Waals surface area contributed by atoms with Gasteiger partial charge in [0.2, 0.25) is 0 Å². The minimum atomic E-state index is -0.626. The van der Waals surface area contributed by atoms with E-state index in [1.807, 2.05) is 18.4 Å². The van der Waals surface area contributed by atoms with Gasteiger partial charge in [-0.1, -0.05) is 24.3 Å². The van der Waals surface area contributed by atoms with Gasteiger partial charge in [-0.3, -0.25) is 0 Å². The first-order valence-corrected chi connectivity index (χ1v) is 7.94. The molecule has 0 aliphatic heterocycles. The van der Waals surface area contributed by atoms with Gasteiger partial charge in [0.1, 0.15) is 6.10 Å². The Kier molecular flexibility index (Phi) is 3.63. The highest BCUT2D eigenvalue weighted by Crippen LogP contribution is 2.45. The zero-order valence-electron chi connectivity index (χ0n) is 11.7. The zero-order chi connectivity index (χ0) is 14.2. The Labute approximate surface area is 123 Å². The number of hydrogen-bond donors (Lipinski definition) is 2. The Morgan fingerprint density at radius 2 is 2.25 bits per heavy atom. The van der Waals surface area contributed by atoms with Gasteiger partial charge in [-0.2, -0.15) is 0 Å². The van der Waals surface area contributed by atoms with Crippen molar-refractivity contribution < 1.29 is 5.11 Å². The molecule has 1 aromatic heterocycles. The number of aromatic nitrogens is 1. The number of rotatable bonds is 3. The standard InChI is InChI=1S/C16H20N2OS/c1-11-18-14(9-20-11)15(19)16(10-17)8-4-6-12-5-2-3-7-13(12)16/h2-3,5,7,9,15,19H,4,6,8,10,17H2,1H3. The molecule has 1 aliphatic rings. The average Bonchev–Trinajstić information content (AvgIpc) is 2.92. The SMILES string of the molecule is Cc1nc(C(O)C2(CN)CCCc3ccccc32)cs1. The van der Waals surface area contributed by atoms with Crippen LogP contribution in [0.15, 0.2) is 29.6 Å². The van der Waals surface area contributed by atoms with E-state index in [9.17, 15) is 5.11 Å². The Morgan fingerprint density at radius 1 is 1.45 bits per heavy atom. The topological polar surface area (TPSA) is 59.1 Å². The van der Waals surface area contributed by atoms with Crippen molar-refractivity contribution in [3.8, 4) is 0 Å². The number of fused-ring (bicyclic) bond motifs is 1. The molecule has 3 N–H and O–H groups in total. The van der Waals surface area contributed by atoms with Crippen molar-refractivity contribution in [3.05, 3.63) is 51.5 Å². The van der Waals surface area contributed by atoms with Crippen LogP contribution >= 0.6 is 11.3 Å². The predicted octanol–water partition coefficient (Wildman–Crippen LogP) is 2.72. The number of nitrogens with two attached hydrogens (primary N) is 1. The second kappa shape index (κ2) is 5.28. The van der Waals surface area contributed by atoms with E-state index in [1.54, 1.807) is 11.3 Å². The summed E-state index contributed by atoms with van der Waals surface area (Å²) in [5.41, 5.74) is 9.00. The molecule has 2 atom stereocenters. The molecule has 0 amide bonds. The summed E-state index contributed by atoms with van der Waals surface area (Å²) < 4.78 is 0. The molecule has 0 spiro atoms. The number of hydrogen-bond acceptors (Lipinski definition) is 4. The molecule has 20 heavy (non-hydrogen) atoms. The van der Waals surface area contributed by atoms with Crippen molar-refractivity contribution in [2.45, 2.75) is 37.7 Å². The molecule has 0 saturated heterocycles. The lowest BCUT2D eigenvalue weighted by Gasteiger charge is -2.41. The van der Waals surface area contributed by atoms with Crippen LogP contribution in [0.25, 0.3) is 0 Å². The zero-order valence-corrected chi connectivity index (χ0v) is 12.5. The van der Waals surface area contributed by atoms with Crippen LogP contribution in [-0.2, 0) is 11.8 Å². The molecule has 1 aliphatic carbocycles. The van der Waals surface area contributed by atoms with Crippen LogP contribution in [0.4, 0.5) is 0 Å². The molecule has 2 aromatic rings. The molecule has 0 bridgehead atoms. The van der Waals surface area contributed by atoms with E-state index in [0.29, 0.717) is 6.54 Å². The Balaban J connectivity index is 2.08. The van der Waals surface area contributed by atoms with Gasteiger partial charge in [-0.05, 0) is 37.3 Å². The van der Waals surface area contributed by atoms with E-state index in [1.165, 1.54) is 11.1 Å². The Morgan fingerprint density at radius 3 is 2.95 bits per heavy atom. The maximum Gasteiger partial charge on any atom is 0.108 e.